The van der Waals surface area contributed by atoms with Crippen molar-refractivity contribution in [3.8, 4) is 0 Å². The molecule has 130 valence electrons. The number of amides is 1. The molecule has 1 unspecified atom stereocenters. The van der Waals surface area contributed by atoms with E-state index in [0.717, 1.165) is 33.4 Å². The summed E-state index contributed by atoms with van der Waals surface area (Å²) in [5.41, 5.74) is 6.24. The van der Waals surface area contributed by atoms with Crippen LogP contribution in [-0.2, 0) is 23.4 Å². The Bertz CT molecular complexity index is 878. The number of aryl methyl sites for hydroxylation is 2. The van der Waals surface area contributed by atoms with Gasteiger partial charge in [-0.2, -0.15) is 0 Å². The number of thioether (sulfide) groups is 1. The predicted molar refractivity (Wildman–Crippen MR) is 109 cm³/mol. The van der Waals surface area contributed by atoms with Gasteiger partial charge in [-0.05, 0) is 73.4 Å². The molecule has 4 heteroatoms. The van der Waals surface area contributed by atoms with Gasteiger partial charge in [0.25, 0.3) is 5.91 Å². The van der Waals surface area contributed by atoms with E-state index in [1.54, 1.807) is 22.2 Å². The number of anilines is 1. The first-order valence-corrected chi connectivity index (χ1v) is 10.7. The van der Waals surface area contributed by atoms with E-state index in [4.69, 9.17) is 0 Å². The van der Waals surface area contributed by atoms with Crippen LogP contribution in [0.15, 0.2) is 23.1 Å². The Morgan fingerprint density at radius 1 is 1.24 bits per heavy atom. The first-order valence-electron chi connectivity index (χ1n) is 8.88. The minimum absolute atomic E-state index is 0.0177. The SMILES string of the molecule is Cc1ccc(C)c(NC(=O)C2=Cc3sc4c(c3CS2)CCC(C)C4)c1. The average Bonchev–Trinajstić information content (AvgIpc) is 2.94. The van der Waals surface area contributed by atoms with E-state index in [9.17, 15) is 4.79 Å². The Kier molecular flexibility index (Phi) is 4.50. The number of rotatable bonds is 2. The number of benzene rings is 1. The number of hydrogen-bond donors (Lipinski definition) is 1. The summed E-state index contributed by atoms with van der Waals surface area (Å²) in [4.78, 5) is 16.4. The van der Waals surface area contributed by atoms with Gasteiger partial charge in [0.2, 0.25) is 0 Å². The summed E-state index contributed by atoms with van der Waals surface area (Å²) in [6.07, 6.45) is 5.82. The average molecular weight is 370 g/mol. The highest BCUT2D eigenvalue weighted by atomic mass is 32.2. The maximum atomic E-state index is 12.7. The Balaban J connectivity index is 1.59. The molecule has 1 aromatic carbocycles. The van der Waals surface area contributed by atoms with Crippen LogP contribution in [0.1, 0.15) is 45.4 Å². The zero-order chi connectivity index (χ0) is 17.6. The van der Waals surface area contributed by atoms with Gasteiger partial charge in [-0.1, -0.05) is 19.1 Å². The van der Waals surface area contributed by atoms with E-state index in [1.165, 1.54) is 29.7 Å². The van der Waals surface area contributed by atoms with E-state index in [1.807, 2.05) is 31.3 Å². The van der Waals surface area contributed by atoms with Crippen LogP contribution in [0.2, 0.25) is 0 Å². The van der Waals surface area contributed by atoms with Gasteiger partial charge in [0.15, 0.2) is 0 Å². The van der Waals surface area contributed by atoms with Crippen molar-refractivity contribution in [1.82, 2.24) is 0 Å². The fourth-order valence-corrected chi connectivity index (χ4v) is 6.26. The molecule has 0 bridgehead atoms. The molecular formula is C21H23NOS2. The lowest BCUT2D eigenvalue weighted by Gasteiger charge is -2.20. The van der Waals surface area contributed by atoms with Crippen LogP contribution in [0.25, 0.3) is 6.08 Å². The first-order chi connectivity index (χ1) is 12.0. The highest BCUT2D eigenvalue weighted by Crippen LogP contribution is 2.43. The van der Waals surface area contributed by atoms with Crippen molar-refractivity contribution >= 4 is 40.8 Å². The zero-order valence-electron chi connectivity index (χ0n) is 14.9. The van der Waals surface area contributed by atoms with Gasteiger partial charge >= 0.3 is 0 Å². The van der Waals surface area contributed by atoms with Crippen LogP contribution < -0.4 is 5.32 Å². The van der Waals surface area contributed by atoms with Gasteiger partial charge in [0.1, 0.15) is 0 Å². The van der Waals surface area contributed by atoms with Crippen LogP contribution in [0.3, 0.4) is 0 Å². The summed E-state index contributed by atoms with van der Waals surface area (Å²) in [6.45, 7) is 6.42. The summed E-state index contributed by atoms with van der Waals surface area (Å²) in [6, 6.07) is 6.17. The lowest BCUT2D eigenvalue weighted by molar-refractivity contribution is -0.112. The van der Waals surface area contributed by atoms with E-state index < -0.39 is 0 Å². The molecule has 0 fully saturated rings. The lowest BCUT2D eigenvalue weighted by atomic mass is 9.88. The summed E-state index contributed by atoms with van der Waals surface area (Å²) >= 11 is 3.58. The summed E-state index contributed by atoms with van der Waals surface area (Å²) in [7, 11) is 0. The second-order valence-corrected chi connectivity index (χ2v) is 9.42. The third kappa shape index (κ3) is 3.30. The van der Waals surface area contributed by atoms with Crippen LogP contribution in [0.5, 0.6) is 0 Å². The molecule has 0 saturated heterocycles. The molecule has 1 N–H and O–H groups in total. The highest BCUT2D eigenvalue weighted by Gasteiger charge is 2.27. The minimum atomic E-state index is 0.0177. The second kappa shape index (κ2) is 6.65. The monoisotopic (exact) mass is 369 g/mol. The molecular weight excluding hydrogens is 346 g/mol. The molecule has 0 radical (unpaired) electrons. The van der Waals surface area contributed by atoms with Crippen molar-refractivity contribution in [3.63, 3.8) is 0 Å². The quantitative estimate of drug-likeness (QED) is 0.734. The summed E-state index contributed by atoms with van der Waals surface area (Å²) in [5.74, 6) is 1.74. The molecule has 2 aromatic rings. The van der Waals surface area contributed by atoms with E-state index in [0.29, 0.717) is 0 Å². The number of nitrogens with one attached hydrogen (secondary N) is 1. The fraction of sp³-hybridized carbons (Fsp3) is 0.381. The second-order valence-electron chi connectivity index (χ2n) is 7.26. The lowest BCUT2D eigenvalue weighted by Crippen LogP contribution is -2.15. The molecule has 1 aromatic heterocycles. The van der Waals surface area contributed by atoms with Crippen molar-refractivity contribution in [3.05, 3.63) is 55.1 Å². The Hall–Kier alpha value is -1.52. The standard InChI is InChI=1S/C21H23NOS2/c1-12-4-6-14(3)17(8-12)22-21(23)20-10-19-16(11-24-20)15-7-5-13(2)9-18(15)25-19/h4,6,8,10,13H,5,7,9,11H2,1-3H3,(H,22,23). The largest absolute Gasteiger partial charge is 0.321 e. The maximum Gasteiger partial charge on any atom is 0.262 e. The molecule has 25 heavy (non-hydrogen) atoms. The van der Waals surface area contributed by atoms with Crippen LogP contribution >= 0.6 is 23.1 Å². The predicted octanol–water partition coefficient (Wildman–Crippen LogP) is 5.72. The van der Waals surface area contributed by atoms with Crippen molar-refractivity contribution < 1.29 is 4.79 Å². The van der Waals surface area contributed by atoms with Crippen molar-refractivity contribution in [2.45, 2.75) is 45.8 Å². The van der Waals surface area contributed by atoms with Crippen LogP contribution in [0.4, 0.5) is 5.69 Å². The molecule has 1 aliphatic carbocycles. The Morgan fingerprint density at radius 3 is 2.92 bits per heavy atom. The molecule has 2 nitrogen and oxygen atoms in total. The Labute approximate surface area is 157 Å². The third-order valence-corrected chi connectivity index (χ3v) is 7.44. The van der Waals surface area contributed by atoms with E-state index >= 15 is 0 Å². The fourth-order valence-electron chi connectivity index (χ4n) is 3.61. The molecule has 1 amide bonds. The van der Waals surface area contributed by atoms with E-state index in [-0.39, 0.29) is 5.91 Å². The number of carbonyl (C=O) groups is 1. The summed E-state index contributed by atoms with van der Waals surface area (Å²) < 4.78 is 0. The van der Waals surface area contributed by atoms with Gasteiger partial charge < -0.3 is 5.32 Å². The molecule has 4 rings (SSSR count). The topological polar surface area (TPSA) is 29.1 Å². The molecule has 0 spiro atoms. The Morgan fingerprint density at radius 2 is 2.08 bits per heavy atom. The smallest absolute Gasteiger partial charge is 0.262 e. The molecule has 2 heterocycles. The van der Waals surface area contributed by atoms with Crippen LogP contribution in [-0.4, -0.2) is 5.91 Å². The number of hydrogen-bond acceptors (Lipinski definition) is 3. The molecule has 2 aliphatic rings. The first kappa shape index (κ1) is 16.9. The normalized spacial score (nSPS) is 19.0. The minimum Gasteiger partial charge on any atom is -0.321 e. The highest BCUT2D eigenvalue weighted by molar-refractivity contribution is 8.03. The van der Waals surface area contributed by atoms with E-state index in [2.05, 4.69) is 30.4 Å². The van der Waals surface area contributed by atoms with Crippen LogP contribution in [0, 0.1) is 19.8 Å². The van der Waals surface area contributed by atoms with Gasteiger partial charge in [-0.3, -0.25) is 4.79 Å². The van der Waals surface area contributed by atoms with Gasteiger partial charge in [-0.25, -0.2) is 0 Å². The zero-order valence-corrected chi connectivity index (χ0v) is 16.6. The summed E-state index contributed by atoms with van der Waals surface area (Å²) in [5, 5.41) is 3.10. The van der Waals surface area contributed by atoms with Gasteiger partial charge in [0, 0.05) is 21.2 Å². The number of carbonyl (C=O) groups excluding carboxylic acids is 1. The van der Waals surface area contributed by atoms with Crippen molar-refractivity contribution in [2.75, 3.05) is 5.32 Å². The molecule has 0 saturated carbocycles. The molecule has 1 atom stereocenters. The number of thiophene rings is 1. The van der Waals surface area contributed by atoms with Crippen molar-refractivity contribution in [1.29, 1.82) is 0 Å². The maximum absolute atomic E-state index is 12.7. The number of fused-ring (bicyclic) bond motifs is 3. The third-order valence-electron chi connectivity index (χ3n) is 5.15. The molecule has 1 aliphatic heterocycles. The van der Waals surface area contributed by atoms with Crippen molar-refractivity contribution in [2.24, 2.45) is 5.92 Å². The van der Waals surface area contributed by atoms with Gasteiger partial charge in [-0.15, -0.1) is 23.1 Å². The van der Waals surface area contributed by atoms with Gasteiger partial charge in [0.05, 0.1) is 4.91 Å².